The maximum absolute atomic E-state index is 12.8. The third kappa shape index (κ3) is 4.06. The smallest absolute Gasteiger partial charge is 0.229 e. The van der Waals surface area contributed by atoms with Gasteiger partial charge in [0.05, 0.1) is 5.92 Å². The fourth-order valence-corrected chi connectivity index (χ4v) is 3.92. The lowest BCUT2D eigenvalue weighted by Gasteiger charge is -2.22. The predicted octanol–water partition coefficient (Wildman–Crippen LogP) is 3.30. The molecule has 1 saturated heterocycles. The topological polar surface area (TPSA) is 71.1 Å². The first-order chi connectivity index (χ1) is 14.6. The summed E-state index contributed by atoms with van der Waals surface area (Å²) in [5.41, 5.74) is 2.59. The molecule has 0 unspecified atom stereocenters. The van der Waals surface area contributed by atoms with Crippen LogP contribution in [0.1, 0.15) is 20.3 Å². The first-order valence-electron chi connectivity index (χ1n) is 10.4. The van der Waals surface area contributed by atoms with Gasteiger partial charge in [0.15, 0.2) is 11.5 Å². The van der Waals surface area contributed by atoms with Gasteiger partial charge in [0.2, 0.25) is 11.8 Å². The molecular weight excluding hydrogens is 382 g/mol. The van der Waals surface area contributed by atoms with E-state index >= 15 is 0 Å². The van der Waals surface area contributed by atoms with Crippen molar-refractivity contribution < 1.29 is 19.1 Å². The number of fused-ring (bicyclic) bond motifs is 1. The molecule has 158 valence electrons. The minimum atomic E-state index is -0.395. The monoisotopic (exact) mass is 409 g/mol. The second-order valence-electron chi connectivity index (χ2n) is 7.44. The Morgan fingerprint density at radius 2 is 1.77 bits per heavy atom. The van der Waals surface area contributed by atoms with E-state index < -0.39 is 5.92 Å². The summed E-state index contributed by atoms with van der Waals surface area (Å²) in [6.45, 7) is 7.45. The minimum absolute atomic E-state index is 0.0660. The van der Waals surface area contributed by atoms with Crippen molar-refractivity contribution in [2.45, 2.75) is 20.3 Å². The number of anilines is 3. The standard InChI is InChI=1S/C23H27N3O4/c1-3-25(4-2)18-7-5-17(6-8-18)24-23(28)16-13-22(27)26(15-16)19-9-10-20-21(14-19)30-12-11-29-20/h5-10,14,16H,3-4,11-13,15H2,1-2H3,(H,24,28)/t16-/m0/s1. The first-order valence-corrected chi connectivity index (χ1v) is 10.4. The SMILES string of the molecule is CCN(CC)c1ccc(NC(=O)[C@H]2CC(=O)N(c3ccc4c(c3)OCCO4)C2)cc1. The van der Waals surface area contributed by atoms with Gasteiger partial charge in [-0.2, -0.15) is 0 Å². The summed E-state index contributed by atoms with van der Waals surface area (Å²) >= 11 is 0. The van der Waals surface area contributed by atoms with E-state index in [-0.39, 0.29) is 18.2 Å². The number of carbonyl (C=O) groups is 2. The molecular formula is C23H27N3O4. The van der Waals surface area contributed by atoms with Crippen LogP contribution >= 0.6 is 0 Å². The molecule has 7 nitrogen and oxygen atoms in total. The average molecular weight is 409 g/mol. The Hall–Kier alpha value is -3.22. The Kier molecular flexibility index (Phi) is 5.79. The third-order valence-electron chi connectivity index (χ3n) is 5.60. The quantitative estimate of drug-likeness (QED) is 0.793. The molecule has 1 atom stereocenters. The summed E-state index contributed by atoms with van der Waals surface area (Å²) in [4.78, 5) is 29.2. The van der Waals surface area contributed by atoms with Crippen LogP contribution in [0.15, 0.2) is 42.5 Å². The highest BCUT2D eigenvalue weighted by Crippen LogP contribution is 2.36. The molecule has 7 heteroatoms. The Morgan fingerprint density at radius 3 is 2.47 bits per heavy atom. The van der Waals surface area contributed by atoms with Gasteiger partial charge < -0.3 is 24.6 Å². The molecule has 2 aromatic carbocycles. The molecule has 4 rings (SSSR count). The van der Waals surface area contributed by atoms with E-state index in [1.807, 2.05) is 36.4 Å². The van der Waals surface area contributed by atoms with Gasteiger partial charge in [-0.3, -0.25) is 9.59 Å². The lowest BCUT2D eigenvalue weighted by molar-refractivity contribution is -0.122. The number of hydrogen-bond donors (Lipinski definition) is 1. The molecule has 2 aliphatic rings. The van der Waals surface area contributed by atoms with Crippen molar-refractivity contribution >= 4 is 28.9 Å². The van der Waals surface area contributed by atoms with Crippen LogP contribution in [0.4, 0.5) is 17.1 Å². The zero-order valence-electron chi connectivity index (χ0n) is 17.4. The van der Waals surface area contributed by atoms with Crippen LogP contribution in [0.5, 0.6) is 11.5 Å². The molecule has 2 aliphatic heterocycles. The van der Waals surface area contributed by atoms with E-state index in [0.717, 1.165) is 30.2 Å². The van der Waals surface area contributed by atoms with Crippen molar-refractivity contribution in [3.05, 3.63) is 42.5 Å². The number of nitrogens with zero attached hydrogens (tertiary/aromatic N) is 2. The highest BCUT2D eigenvalue weighted by Gasteiger charge is 2.35. The van der Waals surface area contributed by atoms with E-state index in [4.69, 9.17) is 9.47 Å². The summed E-state index contributed by atoms with van der Waals surface area (Å²) < 4.78 is 11.1. The highest BCUT2D eigenvalue weighted by molar-refractivity contribution is 6.03. The van der Waals surface area contributed by atoms with Gasteiger partial charge in [-0.1, -0.05) is 0 Å². The third-order valence-corrected chi connectivity index (χ3v) is 5.60. The number of nitrogens with one attached hydrogen (secondary N) is 1. The van der Waals surface area contributed by atoms with E-state index in [9.17, 15) is 9.59 Å². The Labute approximate surface area is 176 Å². The molecule has 30 heavy (non-hydrogen) atoms. The summed E-state index contributed by atoms with van der Waals surface area (Å²) in [6, 6.07) is 13.3. The zero-order chi connectivity index (χ0) is 21.1. The van der Waals surface area contributed by atoms with E-state index in [1.165, 1.54) is 0 Å². The molecule has 2 aromatic rings. The normalized spacial score (nSPS) is 17.7. The molecule has 0 bridgehead atoms. The van der Waals surface area contributed by atoms with Gasteiger partial charge >= 0.3 is 0 Å². The Bertz CT molecular complexity index is 925. The highest BCUT2D eigenvalue weighted by atomic mass is 16.6. The fourth-order valence-electron chi connectivity index (χ4n) is 3.92. The summed E-state index contributed by atoms with van der Waals surface area (Å²) in [5.74, 6) is 0.711. The van der Waals surface area contributed by atoms with Crippen LogP contribution in [-0.4, -0.2) is 44.7 Å². The second-order valence-corrected chi connectivity index (χ2v) is 7.44. The van der Waals surface area contributed by atoms with E-state index in [1.54, 1.807) is 11.0 Å². The molecule has 0 spiro atoms. The van der Waals surface area contributed by atoms with Crippen molar-refractivity contribution in [3.8, 4) is 11.5 Å². The zero-order valence-corrected chi connectivity index (χ0v) is 17.4. The molecule has 0 aliphatic carbocycles. The molecule has 0 radical (unpaired) electrons. The Balaban J connectivity index is 1.41. The summed E-state index contributed by atoms with van der Waals surface area (Å²) in [7, 11) is 0. The van der Waals surface area contributed by atoms with E-state index in [2.05, 4.69) is 24.1 Å². The van der Waals surface area contributed by atoms with Crippen LogP contribution < -0.4 is 24.6 Å². The molecule has 2 amide bonds. The number of hydrogen-bond acceptors (Lipinski definition) is 5. The van der Waals surface area contributed by atoms with Gasteiger partial charge in [0.25, 0.3) is 0 Å². The maximum Gasteiger partial charge on any atom is 0.229 e. The number of carbonyl (C=O) groups excluding carboxylic acids is 2. The van der Waals surface area contributed by atoms with Crippen LogP contribution in [0.2, 0.25) is 0 Å². The number of ether oxygens (including phenoxy) is 2. The number of rotatable bonds is 6. The Morgan fingerprint density at radius 1 is 1.07 bits per heavy atom. The molecule has 2 heterocycles. The van der Waals surface area contributed by atoms with Gasteiger partial charge in [0.1, 0.15) is 13.2 Å². The summed E-state index contributed by atoms with van der Waals surface area (Å²) in [6.07, 6.45) is 0.192. The number of amides is 2. The second kappa shape index (κ2) is 8.65. The largest absolute Gasteiger partial charge is 0.486 e. The maximum atomic E-state index is 12.8. The van der Waals surface area contributed by atoms with Gasteiger partial charge in [-0.25, -0.2) is 0 Å². The fraction of sp³-hybridized carbons (Fsp3) is 0.391. The van der Waals surface area contributed by atoms with Gasteiger partial charge in [-0.15, -0.1) is 0 Å². The van der Waals surface area contributed by atoms with Crippen LogP contribution in [0.3, 0.4) is 0 Å². The van der Waals surface area contributed by atoms with Crippen molar-refractivity contribution in [2.75, 3.05) is 48.0 Å². The van der Waals surface area contributed by atoms with Crippen molar-refractivity contribution in [3.63, 3.8) is 0 Å². The lowest BCUT2D eigenvalue weighted by atomic mass is 10.1. The molecule has 0 aromatic heterocycles. The van der Waals surface area contributed by atoms with Crippen molar-refractivity contribution in [2.24, 2.45) is 5.92 Å². The lowest BCUT2D eigenvalue weighted by Crippen LogP contribution is -2.28. The molecule has 1 fully saturated rings. The molecule has 1 N–H and O–H groups in total. The summed E-state index contributed by atoms with van der Waals surface area (Å²) in [5, 5.41) is 2.95. The first kappa shape index (κ1) is 20.1. The average Bonchev–Trinajstić information content (AvgIpc) is 3.17. The van der Waals surface area contributed by atoms with Crippen molar-refractivity contribution in [1.82, 2.24) is 0 Å². The molecule has 0 saturated carbocycles. The van der Waals surface area contributed by atoms with Gasteiger partial charge in [0, 0.05) is 49.2 Å². The van der Waals surface area contributed by atoms with Crippen LogP contribution in [0.25, 0.3) is 0 Å². The van der Waals surface area contributed by atoms with Gasteiger partial charge in [-0.05, 0) is 50.2 Å². The van der Waals surface area contributed by atoms with Crippen molar-refractivity contribution in [1.29, 1.82) is 0 Å². The van der Waals surface area contributed by atoms with Crippen LogP contribution in [-0.2, 0) is 9.59 Å². The van der Waals surface area contributed by atoms with E-state index in [0.29, 0.717) is 31.3 Å². The number of benzene rings is 2. The minimum Gasteiger partial charge on any atom is -0.486 e. The predicted molar refractivity (Wildman–Crippen MR) is 117 cm³/mol. The van der Waals surface area contributed by atoms with Crippen LogP contribution in [0, 0.1) is 5.92 Å².